The molecule has 21 heavy (non-hydrogen) atoms. The van der Waals surface area contributed by atoms with Crippen LogP contribution in [0.15, 0.2) is 42.5 Å². The zero-order valence-corrected chi connectivity index (χ0v) is 13.3. The third-order valence-electron chi connectivity index (χ3n) is 2.66. The van der Waals surface area contributed by atoms with Crippen LogP contribution < -0.4 is 5.32 Å². The van der Waals surface area contributed by atoms with Gasteiger partial charge in [0.15, 0.2) is 0 Å². The number of alkyl halides is 3. The SMILES string of the molecule is O=C(Nc1ccc(C(F)(F)F)cc1Cl)c1ccccc1I. The number of carbonyl (C=O) groups excluding carboxylic acids is 1. The smallest absolute Gasteiger partial charge is 0.321 e. The number of anilines is 1. The molecular formula is C14H8ClF3INO. The summed E-state index contributed by atoms with van der Waals surface area (Å²) in [5.41, 5.74) is -0.303. The first-order valence-electron chi connectivity index (χ1n) is 5.71. The van der Waals surface area contributed by atoms with E-state index in [2.05, 4.69) is 5.32 Å². The molecule has 0 bridgehead atoms. The van der Waals surface area contributed by atoms with Gasteiger partial charge in [0.2, 0.25) is 0 Å². The highest BCUT2D eigenvalue weighted by atomic mass is 127. The molecule has 0 saturated carbocycles. The molecule has 2 aromatic carbocycles. The Balaban J connectivity index is 2.25. The van der Waals surface area contributed by atoms with Crippen LogP contribution in [0.2, 0.25) is 5.02 Å². The molecule has 2 aromatic rings. The molecule has 2 rings (SSSR count). The van der Waals surface area contributed by atoms with Crippen LogP contribution in [0.3, 0.4) is 0 Å². The molecule has 0 saturated heterocycles. The van der Waals surface area contributed by atoms with Crippen LogP contribution in [0.1, 0.15) is 15.9 Å². The van der Waals surface area contributed by atoms with E-state index < -0.39 is 17.6 Å². The van der Waals surface area contributed by atoms with E-state index in [0.717, 1.165) is 21.8 Å². The van der Waals surface area contributed by atoms with E-state index in [9.17, 15) is 18.0 Å². The van der Waals surface area contributed by atoms with Gasteiger partial charge in [0.1, 0.15) is 0 Å². The van der Waals surface area contributed by atoms with Crippen molar-refractivity contribution in [1.82, 2.24) is 0 Å². The summed E-state index contributed by atoms with van der Waals surface area (Å²) < 4.78 is 38.3. The molecule has 0 unspecified atom stereocenters. The Bertz CT molecular complexity index is 688. The second-order valence-corrected chi connectivity index (χ2v) is 5.70. The highest BCUT2D eigenvalue weighted by Crippen LogP contribution is 2.33. The molecule has 0 heterocycles. The molecule has 0 aromatic heterocycles. The molecule has 0 aliphatic rings. The fourth-order valence-corrected chi connectivity index (χ4v) is 2.49. The zero-order valence-electron chi connectivity index (χ0n) is 10.3. The van der Waals surface area contributed by atoms with Gasteiger partial charge in [-0.15, -0.1) is 0 Å². The van der Waals surface area contributed by atoms with Crippen LogP contribution in [-0.4, -0.2) is 5.91 Å². The lowest BCUT2D eigenvalue weighted by molar-refractivity contribution is -0.137. The monoisotopic (exact) mass is 425 g/mol. The number of hydrogen-bond acceptors (Lipinski definition) is 1. The van der Waals surface area contributed by atoms with Crippen LogP contribution in [-0.2, 0) is 6.18 Å². The van der Waals surface area contributed by atoms with Crippen molar-refractivity contribution in [3.05, 3.63) is 62.2 Å². The van der Waals surface area contributed by atoms with Gasteiger partial charge in [0.05, 0.1) is 21.8 Å². The first-order valence-corrected chi connectivity index (χ1v) is 7.17. The van der Waals surface area contributed by atoms with Gasteiger partial charge in [0.25, 0.3) is 5.91 Å². The number of rotatable bonds is 2. The Morgan fingerprint density at radius 3 is 2.38 bits per heavy atom. The average molecular weight is 426 g/mol. The van der Waals surface area contributed by atoms with Crippen molar-refractivity contribution < 1.29 is 18.0 Å². The molecule has 0 aliphatic carbocycles. The molecule has 2 nitrogen and oxygen atoms in total. The molecule has 1 amide bonds. The lowest BCUT2D eigenvalue weighted by Gasteiger charge is -2.11. The van der Waals surface area contributed by atoms with Crippen LogP contribution in [0.25, 0.3) is 0 Å². The van der Waals surface area contributed by atoms with Crippen molar-refractivity contribution in [3.8, 4) is 0 Å². The number of halogens is 5. The molecule has 0 aliphatic heterocycles. The van der Waals surface area contributed by atoms with Gasteiger partial charge < -0.3 is 5.32 Å². The summed E-state index contributed by atoms with van der Waals surface area (Å²) in [6.45, 7) is 0. The van der Waals surface area contributed by atoms with Crippen molar-refractivity contribution in [2.24, 2.45) is 0 Å². The second kappa shape index (κ2) is 6.23. The number of nitrogens with one attached hydrogen (secondary N) is 1. The standard InChI is InChI=1S/C14H8ClF3INO/c15-10-7-8(14(16,17)18)5-6-12(10)20-13(21)9-3-1-2-4-11(9)19/h1-7H,(H,20,21). The van der Waals surface area contributed by atoms with Crippen molar-refractivity contribution in [1.29, 1.82) is 0 Å². The normalized spacial score (nSPS) is 11.3. The first-order chi connectivity index (χ1) is 9.79. The van der Waals surface area contributed by atoms with Crippen LogP contribution in [0, 0.1) is 3.57 Å². The van der Waals surface area contributed by atoms with Gasteiger partial charge in [-0.3, -0.25) is 4.79 Å². The quantitative estimate of drug-likeness (QED) is 0.657. The number of hydrogen-bond donors (Lipinski definition) is 1. The van der Waals surface area contributed by atoms with Gasteiger partial charge >= 0.3 is 6.18 Å². The minimum atomic E-state index is -4.47. The van der Waals surface area contributed by atoms with Gasteiger partial charge in [0, 0.05) is 3.57 Å². The fourth-order valence-electron chi connectivity index (χ4n) is 1.63. The Kier molecular flexibility index (Phi) is 4.77. The van der Waals surface area contributed by atoms with E-state index in [0.29, 0.717) is 5.56 Å². The third kappa shape index (κ3) is 3.88. The zero-order chi connectivity index (χ0) is 15.6. The maximum atomic E-state index is 12.5. The van der Waals surface area contributed by atoms with E-state index >= 15 is 0 Å². The Morgan fingerprint density at radius 1 is 1.14 bits per heavy atom. The summed E-state index contributed by atoms with van der Waals surface area (Å²) in [7, 11) is 0. The summed E-state index contributed by atoms with van der Waals surface area (Å²) in [6, 6.07) is 9.65. The van der Waals surface area contributed by atoms with Crippen LogP contribution >= 0.6 is 34.2 Å². The lowest BCUT2D eigenvalue weighted by Crippen LogP contribution is -2.14. The van der Waals surface area contributed by atoms with E-state index in [1.54, 1.807) is 24.3 Å². The number of benzene rings is 2. The minimum absolute atomic E-state index is 0.134. The van der Waals surface area contributed by atoms with Crippen molar-refractivity contribution in [2.45, 2.75) is 6.18 Å². The summed E-state index contributed by atoms with van der Waals surface area (Å²) in [4.78, 5) is 12.1. The van der Waals surface area contributed by atoms with Gasteiger partial charge in [-0.05, 0) is 52.9 Å². The van der Waals surface area contributed by atoms with Crippen LogP contribution in [0.5, 0.6) is 0 Å². The largest absolute Gasteiger partial charge is 0.416 e. The van der Waals surface area contributed by atoms with E-state index in [4.69, 9.17) is 11.6 Å². The predicted octanol–water partition coefficient (Wildman–Crippen LogP) is 5.22. The molecule has 0 spiro atoms. The highest BCUT2D eigenvalue weighted by Gasteiger charge is 2.31. The van der Waals surface area contributed by atoms with Crippen molar-refractivity contribution >= 4 is 45.8 Å². The third-order valence-corrected chi connectivity index (χ3v) is 3.92. The molecule has 7 heteroatoms. The molecule has 0 atom stereocenters. The maximum absolute atomic E-state index is 12.5. The highest BCUT2D eigenvalue weighted by molar-refractivity contribution is 14.1. The van der Waals surface area contributed by atoms with Crippen molar-refractivity contribution in [2.75, 3.05) is 5.32 Å². The number of carbonyl (C=O) groups is 1. The molecule has 1 N–H and O–H groups in total. The van der Waals surface area contributed by atoms with Gasteiger partial charge in [-0.1, -0.05) is 23.7 Å². The lowest BCUT2D eigenvalue weighted by atomic mass is 10.1. The summed E-state index contributed by atoms with van der Waals surface area (Å²) in [5.74, 6) is -0.429. The molecule has 110 valence electrons. The summed E-state index contributed by atoms with van der Waals surface area (Å²) >= 11 is 7.79. The molecule has 0 radical (unpaired) electrons. The van der Waals surface area contributed by atoms with Gasteiger partial charge in [-0.2, -0.15) is 13.2 Å². The van der Waals surface area contributed by atoms with E-state index in [1.807, 2.05) is 22.6 Å². The average Bonchev–Trinajstić information content (AvgIpc) is 2.40. The molecule has 0 fully saturated rings. The fraction of sp³-hybridized carbons (Fsp3) is 0.0714. The number of amides is 1. The molecular weight excluding hydrogens is 418 g/mol. The van der Waals surface area contributed by atoms with Crippen molar-refractivity contribution in [3.63, 3.8) is 0 Å². The Morgan fingerprint density at radius 2 is 1.81 bits per heavy atom. The predicted molar refractivity (Wildman–Crippen MR) is 83.6 cm³/mol. The minimum Gasteiger partial charge on any atom is -0.321 e. The van der Waals surface area contributed by atoms with Crippen LogP contribution in [0.4, 0.5) is 18.9 Å². The first kappa shape index (κ1) is 16.1. The Labute approximate surface area is 137 Å². The van der Waals surface area contributed by atoms with E-state index in [-0.39, 0.29) is 10.7 Å². The summed E-state index contributed by atoms with van der Waals surface area (Å²) in [6.07, 6.45) is -4.47. The van der Waals surface area contributed by atoms with E-state index in [1.165, 1.54) is 0 Å². The second-order valence-electron chi connectivity index (χ2n) is 4.13. The topological polar surface area (TPSA) is 29.1 Å². The van der Waals surface area contributed by atoms with Gasteiger partial charge in [-0.25, -0.2) is 0 Å². The summed E-state index contributed by atoms with van der Waals surface area (Å²) in [5, 5.41) is 2.34. The Hall–Kier alpha value is -1.28. The maximum Gasteiger partial charge on any atom is 0.416 e.